The Morgan fingerprint density at radius 2 is 1.71 bits per heavy atom. The van der Waals surface area contributed by atoms with Gasteiger partial charge in [-0.2, -0.15) is 0 Å². The predicted molar refractivity (Wildman–Crippen MR) is 53.7 cm³/mol. The Labute approximate surface area is 88.4 Å². The number of hydrogen-bond donors (Lipinski definition) is 2. The molecule has 72 valence electrons. The average molecular weight is 229 g/mol. The van der Waals surface area contributed by atoms with Crippen LogP contribution in [0.4, 0.5) is 0 Å². The molecule has 4 nitrogen and oxygen atoms in total. The Hall–Kier alpha value is -1.33. The highest BCUT2D eigenvalue weighted by Gasteiger charge is 2.07. The third kappa shape index (κ3) is 1.78. The normalized spacial score (nSPS) is 10.4. The number of hydrogen-bond acceptors (Lipinski definition) is 5. The van der Waals surface area contributed by atoms with Gasteiger partial charge in [0.15, 0.2) is 0 Å². The van der Waals surface area contributed by atoms with Crippen LogP contribution in [0.25, 0.3) is 10.6 Å². The fourth-order valence-electron chi connectivity index (χ4n) is 1.04. The van der Waals surface area contributed by atoms with E-state index in [0.29, 0.717) is 15.0 Å². The van der Waals surface area contributed by atoms with Crippen LogP contribution >= 0.6 is 22.9 Å². The van der Waals surface area contributed by atoms with Crippen molar-refractivity contribution >= 4 is 22.9 Å². The Kier molecular flexibility index (Phi) is 2.26. The van der Waals surface area contributed by atoms with Gasteiger partial charge in [-0.05, 0) is 23.7 Å². The van der Waals surface area contributed by atoms with E-state index in [1.165, 1.54) is 29.5 Å². The maximum Gasteiger partial charge on any atom is 0.207 e. The van der Waals surface area contributed by atoms with Crippen LogP contribution in [0.2, 0.25) is 4.47 Å². The molecule has 0 unspecified atom stereocenters. The summed E-state index contributed by atoms with van der Waals surface area (Å²) < 4.78 is 0.322. The first-order chi connectivity index (χ1) is 6.65. The van der Waals surface area contributed by atoms with Crippen LogP contribution < -0.4 is 0 Å². The van der Waals surface area contributed by atoms with Crippen molar-refractivity contribution in [3.63, 3.8) is 0 Å². The van der Waals surface area contributed by atoms with Gasteiger partial charge in [0, 0.05) is 11.6 Å². The predicted octanol–water partition coefficient (Wildman–Crippen LogP) is 2.27. The van der Waals surface area contributed by atoms with E-state index in [-0.39, 0.29) is 11.5 Å². The van der Waals surface area contributed by atoms with E-state index in [1.807, 2.05) is 0 Å². The Bertz CT molecular complexity index is 452. The first-order valence-corrected chi connectivity index (χ1v) is 4.87. The van der Waals surface area contributed by atoms with Crippen molar-refractivity contribution in [3.8, 4) is 22.1 Å². The molecule has 0 saturated heterocycles. The second kappa shape index (κ2) is 3.43. The van der Waals surface area contributed by atoms with Crippen LogP contribution in [0, 0.1) is 0 Å². The zero-order chi connectivity index (χ0) is 10.1. The minimum absolute atomic E-state index is 0.0219. The maximum absolute atomic E-state index is 9.23. The second-order valence-electron chi connectivity index (χ2n) is 2.60. The van der Waals surface area contributed by atoms with Crippen LogP contribution in [0.15, 0.2) is 18.2 Å². The van der Waals surface area contributed by atoms with Crippen molar-refractivity contribution in [3.05, 3.63) is 22.7 Å². The molecular formula is C8H5ClN2O2S. The Morgan fingerprint density at radius 1 is 1.07 bits per heavy atom. The fourth-order valence-corrected chi connectivity index (χ4v) is 1.86. The van der Waals surface area contributed by atoms with E-state index < -0.39 is 0 Å². The number of phenolic OH excluding ortho intramolecular Hbond substituents is 2. The highest BCUT2D eigenvalue weighted by atomic mass is 35.5. The molecule has 6 heteroatoms. The standard InChI is InChI=1S/C8H5ClN2O2S/c9-8-11-10-7(14-8)4-1-5(12)3-6(13)2-4/h1-3,12-13H. The minimum atomic E-state index is -0.0219. The largest absolute Gasteiger partial charge is 0.508 e. The summed E-state index contributed by atoms with van der Waals surface area (Å²) in [4.78, 5) is 0. The van der Waals surface area contributed by atoms with Gasteiger partial charge in [0.05, 0.1) is 0 Å². The van der Waals surface area contributed by atoms with Gasteiger partial charge in [0.1, 0.15) is 16.5 Å². The molecule has 0 fully saturated rings. The van der Waals surface area contributed by atoms with Crippen molar-refractivity contribution < 1.29 is 10.2 Å². The van der Waals surface area contributed by atoms with Crippen molar-refractivity contribution in [2.75, 3.05) is 0 Å². The summed E-state index contributed by atoms with van der Waals surface area (Å²) in [5.41, 5.74) is 0.590. The lowest BCUT2D eigenvalue weighted by atomic mass is 10.2. The first kappa shape index (κ1) is 9.23. The van der Waals surface area contributed by atoms with Crippen LogP contribution in [0.5, 0.6) is 11.5 Å². The third-order valence-electron chi connectivity index (χ3n) is 1.55. The number of nitrogens with zero attached hydrogens (tertiary/aromatic N) is 2. The molecule has 2 rings (SSSR count). The lowest BCUT2D eigenvalue weighted by Gasteiger charge is -1.98. The number of halogens is 1. The molecule has 0 bridgehead atoms. The van der Waals surface area contributed by atoms with Crippen LogP contribution in [0.1, 0.15) is 0 Å². The summed E-state index contributed by atoms with van der Waals surface area (Å²) in [5.74, 6) is -0.0438. The molecule has 1 heterocycles. The lowest BCUT2D eigenvalue weighted by Crippen LogP contribution is -1.77. The van der Waals surface area contributed by atoms with Crippen molar-refractivity contribution in [2.45, 2.75) is 0 Å². The van der Waals surface area contributed by atoms with Gasteiger partial charge in [0.25, 0.3) is 0 Å². The van der Waals surface area contributed by atoms with Gasteiger partial charge in [0.2, 0.25) is 4.47 Å². The van der Waals surface area contributed by atoms with Gasteiger partial charge < -0.3 is 10.2 Å². The van der Waals surface area contributed by atoms with Crippen LogP contribution in [-0.4, -0.2) is 20.4 Å². The SMILES string of the molecule is Oc1cc(O)cc(-c2nnc(Cl)s2)c1. The van der Waals surface area contributed by atoms with E-state index in [4.69, 9.17) is 11.6 Å². The summed E-state index contributed by atoms with van der Waals surface area (Å²) in [6.07, 6.45) is 0. The van der Waals surface area contributed by atoms with Crippen molar-refractivity contribution in [1.82, 2.24) is 10.2 Å². The minimum Gasteiger partial charge on any atom is -0.508 e. The molecule has 0 aliphatic heterocycles. The smallest absolute Gasteiger partial charge is 0.207 e. The molecule has 0 aliphatic rings. The number of benzene rings is 1. The first-order valence-electron chi connectivity index (χ1n) is 3.67. The average Bonchev–Trinajstić information content (AvgIpc) is 2.50. The van der Waals surface area contributed by atoms with E-state index in [1.54, 1.807) is 0 Å². The fraction of sp³-hybridized carbons (Fsp3) is 0. The highest BCUT2D eigenvalue weighted by molar-refractivity contribution is 7.18. The van der Waals surface area contributed by atoms with E-state index in [9.17, 15) is 10.2 Å². The molecule has 2 N–H and O–H groups in total. The van der Waals surface area contributed by atoms with Gasteiger partial charge in [-0.25, -0.2) is 0 Å². The van der Waals surface area contributed by atoms with E-state index in [2.05, 4.69) is 10.2 Å². The number of rotatable bonds is 1. The Balaban J connectivity index is 2.51. The molecule has 0 spiro atoms. The van der Waals surface area contributed by atoms with E-state index >= 15 is 0 Å². The van der Waals surface area contributed by atoms with Gasteiger partial charge in [-0.1, -0.05) is 11.3 Å². The molecule has 0 amide bonds. The topological polar surface area (TPSA) is 66.2 Å². The molecule has 0 atom stereocenters. The molecular weight excluding hydrogens is 224 g/mol. The quantitative estimate of drug-likeness (QED) is 0.786. The molecule has 1 aromatic carbocycles. The summed E-state index contributed by atoms with van der Waals surface area (Å²) in [7, 11) is 0. The highest BCUT2D eigenvalue weighted by Crippen LogP contribution is 2.31. The van der Waals surface area contributed by atoms with Crippen LogP contribution in [0.3, 0.4) is 0 Å². The van der Waals surface area contributed by atoms with Crippen molar-refractivity contribution in [1.29, 1.82) is 0 Å². The van der Waals surface area contributed by atoms with Gasteiger partial charge in [-0.3, -0.25) is 0 Å². The molecule has 0 radical (unpaired) electrons. The second-order valence-corrected chi connectivity index (χ2v) is 4.16. The zero-order valence-electron chi connectivity index (χ0n) is 6.81. The number of aromatic hydroxyl groups is 2. The summed E-state index contributed by atoms with van der Waals surface area (Å²) in [6, 6.07) is 4.21. The van der Waals surface area contributed by atoms with Crippen LogP contribution in [-0.2, 0) is 0 Å². The molecule has 0 saturated carbocycles. The third-order valence-corrected chi connectivity index (χ3v) is 2.62. The maximum atomic E-state index is 9.23. The molecule has 14 heavy (non-hydrogen) atoms. The molecule has 1 aromatic heterocycles. The monoisotopic (exact) mass is 228 g/mol. The van der Waals surface area contributed by atoms with E-state index in [0.717, 1.165) is 0 Å². The number of aromatic nitrogens is 2. The van der Waals surface area contributed by atoms with Gasteiger partial charge >= 0.3 is 0 Å². The summed E-state index contributed by atoms with van der Waals surface area (Å²) >= 11 is 6.79. The molecule has 0 aliphatic carbocycles. The zero-order valence-corrected chi connectivity index (χ0v) is 8.38. The van der Waals surface area contributed by atoms with Crippen molar-refractivity contribution in [2.24, 2.45) is 0 Å². The Morgan fingerprint density at radius 3 is 2.21 bits per heavy atom. The summed E-state index contributed by atoms with van der Waals surface area (Å²) in [6.45, 7) is 0. The lowest BCUT2D eigenvalue weighted by molar-refractivity contribution is 0.451. The van der Waals surface area contributed by atoms with Gasteiger partial charge in [-0.15, -0.1) is 10.2 Å². The molecule has 2 aromatic rings. The summed E-state index contributed by atoms with van der Waals surface area (Å²) in [5, 5.41) is 26.4. The number of phenols is 2.